The van der Waals surface area contributed by atoms with Crippen LogP contribution >= 0.6 is 0 Å². The molecule has 0 saturated heterocycles. The summed E-state index contributed by atoms with van der Waals surface area (Å²) in [4.78, 5) is 0. The van der Waals surface area contributed by atoms with Gasteiger partial charge in [0.15, 0.2) is 18.4 Å². The van der Waals surface area contributed by atoms with Gasteiger partial charge in [0.2, 0.25) is 5.69 Å². The van der Waals surface area contributed by atoms with Crippen LogP contribution in [0.4, 0.5) is 5.69 Å². The number of hydrogen-bond donors (Lipinski definition) is 0. The third-order valence-electron chi connectivity index (χ3n) is 2.97. The molecule has 0 aliphatic carbocycles. The molecule has 17 heavy (non-hydrogen) atoms. The molecule has 85 valence electrons. The van der Waals surface area contributed by atoms with Crippen molar-refractivity contribution in [3.8, 4) is 5.75 Å². The summed E-state index contributed by atoms with van der Waals surface area (Å²) >= 11 is 0. The minimum atomic E-state index is -0.258. The number of anilines is 1. The number of para-hydroxylation sites is 2. The monoisotopic (exact) mass is 226 g/mol. The molecule has 0 N–H and O–H groups in total. The van der Waals surface area contributed by atoms with E-state index in [4.69, 9.17) is 4.74 Å². The highest BCUT2D eigenvalue weighted by molar-refractivity contribution is 5.55. The van der Waals surface area contributed by atoms with Gasteiger partial charge in [0, 0.05) is 11.6 Å². The van der Waals surface area contributed by atoms with Gasteiger partial charge in [-0.3, -0.25) is 0 Å². The molecule has 0 bridgehead atoms. The summed E-state index contributed by atoms with van der Waals surface area (Å²) < 4.78 is 5.62. The molecule has 3 rings (SSSR count). The lowest BCUT2D eigenvalue weighted by Crippen LogP contribution is -2.32. The van der Waals surface area contributed by atoms with Gasteiger partial charge in [0.25, 0.3) is 0 Å². The summed E-state index contributed by atoms with van der Waals surface area (Å²) in [6, 6.07) is 16.8. The number of rotatable bonds is 1. The number of benzene rings is 2. The molecule has 0 amide bonds. The Morgan fingerprint density at radius 1 is 1.00 bits per heavy atom. The number of nitrogens with zero attached hydrogens (tertiary/aromatic N) is 1. The van der Waals surface area contributed by atoms with E-state index in [-0.39, 0.29) is 6.04 Å². The Hall–Kier alpha value is -1.84. The zero-order valence-corrected chi connectivity index (χ0v) is 9.24. The molecular formula is C14H12NO2. The van der Waals surface area contributed by atoms with E-state index in [9.17, 15) is 5.21 Å². The Morgan fingerprint density at radius 3 is 2.53 bits per heavy atom. The van der Waals surface area contributed by atoms with Crippen LogP contribution in [0.25, 0.3) is 0 Å². The maximum absolute atomic E-state index is 12.3. The van der Waals surface area contributed by atoms with E-state index in [0.717, 1.165) is 10.6 Å². The van der Waals surface area contributed by atoms with Crippen molar-refractivity contribution in [2.45, 2.75) is 6.04 Å². The molecule has 2 aromatic rings. The van der Waals surface area contributed by atoms with Crippen molar-refractivity contribution in [1.82, 2.24) is 5.06 Å². The minimum absolute atomic E-state index is 0.258. The highest BCUT2D eigenvalue weighted by Crippen LogP contribution is 2.37. The van der Waals surface area contributed by atoms with Crippen LogP contribution in [-0.4, -0.2) is 6.61 Å². The minimum Gasteiger partial charge on any atom is -0.575 e. The highest BCUT2D eigenvalue weighted by Gasteiger charge is 2.32. The van der Waals surface area contributed by atoms with E-state index in [1.54, 1.807) is 6.07 Å². The van der Waals surface area contributed by atoms with Crippen molar-refractivity contribution < 1.29 is 4.74 Å². The van der Waals surface area contributed by atoms with Crippen molar-refractivity contribution in [2.75, 3.05) is 6.61 Å². The van der Waals surface area contributed by atoms with Crippen LogP contribution in [-0.2, 0) is 0 Å². The van der Waals surface area contributed by atoms with Gasteiger partial charge in [-0.15, -0.1) is 5.06 Å². The van der Waals surface area contributed by atoms with Crippen LogP contribution in [0.3, 0.4) is 0 Å². The number of ether oxygens (including phenoxy) is 1. The molecule has 1 atom stereocenters. The van der Waals surface area contributed by atoms with E-state index >= 15 is 0 Å². The summed E-state index contributed by atoms with van der Waals surface area (Å²) in [6.07, 6.45) is 0. The zero-order valence-electron chi connectivity index (χ0n) is 9.24. The lowest BCUT2D eigenvalue weighted by molar-refractivity contribution is 0.228. The first-order chi connectivity index (χ1) is 8.36. The average Bonchev–Trinajstić information content (AvgIpc) is 2.40. The van der Waals surface area contributed by atoms with E-state index in [1.165, 1.54) is 0 Å². The van der Waals surface area contributed by atoms with Gasteiger partial charge in [0.1, 0.15) is 0 Å². The Kier molecular flexibility index (Phi) is 2.55. The Labute approximate surface area is 99.8 Å². The zero-order chi connectivity index (χ0) is 11.7. The standard InChI is InChI=1S/C14H12NO2/c16-15-12-8-4-5-9-14(12)17-10-13(15)11-6-2-1-3-7-11/h1-9,13H,10H2. The molecule has 1 aliphatic rings. The van der Waals surface area contributed by atoms with Crippen molar-refractivity contribution in [3.05, 3.63) is 65.4 Å². The molecular weight excluding hydrogens is 214 g/mol. The second-order valence-corrected chi connectivity index (χ2v) is 4.03. The fraction of sp³-hybridized carbons (Fsp3) is 0.143. The van der Waals surface area contributed by atoms with Gasteiger partial charge < -0.3 is 9.94 Å². The van der Waals surface area contributed by atoms with E-state index in [2.05, 4.69) is 0 Å². The number of hydroxylamine groups is 1. The lowest BCUT2D eigenvalue weighted by atomic mass is 10.1. The van der Waals surface area contributed by atoms with Crippen LogP contribution in [0.5, 0.6) is 5.75 Å². The van der Waals surface area contributed by atoms with Gasteiger partial charge in [-0.05, 0) is 6.07 Å². The van der Waals surface area contributed by atoms with E-state index in [1.807, 2.05) is 48.5 Å². The van der Waals surface area contributed by atoms with Crippen LogP contribution in [0.2, 0.25) is 0 Å². The molecule has 3 nitrogen and oxygen atoms in total. The molecule has 1 radical (unpaired) electrons. The second-order valence-electron chi connectivity index (χ2n) is 4.03. The molecule has 1 heterocycles. The van der Waals surface area contributed by atoms with Crippen molar-refractivity contribution in [3.63, 3.8) is 0 Å². The molecule has 0 fully saturated rings. The molecule has 0 spiro atoms. The Balaban J connectivity index is 1.97. The highest BCUT2D eigenvalue weighted by atomic mass is 16.5. The van der Waals surface area contributed by atoms with Crippen LogP contribution < -0.4 is 9.80 Å². The summed E-state index contributed by atoms with van der Waals surface area (Å²) in [7, 11) is 0. The predicted molar refractivity (Wildman–Crippen MR) is 66.3 cm³/mol. The maximum Gasteiger partial charge on any atom is 0.224 e. The van der Waals surface area contributed by atoms with Crippen LogP contribution in [0.1, 0.15) is 11.6 Å². The summed E-state index contributed by atoms with van der Waals surface area (Å²) in [5.41, 5.74) is 1.59. The summed E-state index contributed by atoms with van der Waals surface area (Å²) in [5.74, 6) is 0.662. The normalized spacial score (nSPS) is 19.5. The first-order valence-electron chi connectivity index (χ1n) is 5.59. The summed E-state index contributed by atoms with van der Waals surface area (Å²) in [6.45, 7) is 0.393. The third kappa shape index (κ3) is 1.79. The summed E-state index contributed by atoms with van der Waals surface area (Å²) in [5, 5.41) is 13.3. The lowest BCUT2D eigenvalue weighted by Gasteiger charge is -2.29. The smallest absolute Gasteiger partial charge is 0.224 e. The van der Waals surface area contributed by atoms with E-state index < -0.39 is 0 Å². The Morgan fingerprint density at radius 2 is 1.71 bits per heavy atom. The molecule has 1 aliphatic heterocycles. The maximum atomic E-state index is 12.3. The number of hydrogen-bond acceptors (Lipinski definition) is 3. The van der Waals surface area contributed by atoms with Crippen molar-refractivity contribution >= 4 is 5.69 Å². The Bertz CT molecular complexity index is 513. The molecule has 1 unspecified atom stereocenters. The molecule has 2 aromatic carbocycles. The van der Waals surface area contributed by atoms with Gasteiger partial charge in [-0.2, -0.15) is 0 Å². The molecule has 0 aromatic heterocycles. The molecule has 0 saturated carbocycles. The quantitative estimate of drug-likeness (QED) is 0.553. The fourth-order valence-corrected chi connectivity index (χ4v) is 2.07. The molecule has 3 heteroatoms. The number of fused-ring (bicyclic) bond motifs is 1. The average molecular weight is 226 g/mol. The fourth-order valence-electron chi connectivity index (χ4n) is 2.07. The van der Waals surface area contributed by atoms with Crippen LogP contribution in [0, 0.1) is 5.21 Å². The van der Waals surface area contributed by atoms with Gasteiger partial charge in [0.05, 0.1) is 0 Å². The van der Waals surface area contributed by atoms with Crippen molar-refractivity contribution in [1.29, 1.82) is 0 Å². The third-order valence-corrected chi connectivity index (χ3v) is 2.97. The van der Waals surface area contributed by atoms with Gasteiger partial charge in [-0.25, -0.2) is 0 Å². The SMILES string of the molecule is [O-][N+]1c2ccccc2OCC1c1ccccc1. The van der Waals surface area contributed by atoms with Gasteiger partial charge >= 0.3 is 0 Å². The van der Waals surface area contributed by atoms with Gasteiger partial charge in [-0.1, -0.05) is 42.5 Å². The second kappa shape index (κ2) is 4.20. The largest absolute Gasteiger partial charge is 0.575 e. The van der Waals surface area contributed by atoms with E-state index in [0.29, 0.717) is 18.0 Å². The van der Waals surface area contributed by atoms with Crippen molar-refractivity contribution in [2.24, 2.45) is 0 Å². The predicted octanol–water partition coefficient (Wildman–Crippen LogP) is 3.09. The topological polar surface area (TPSA) is 38.2 Å². The van der Waals surface area contributed by atoms with Crippen LogP contribution in [0.15, 0.2) is 54.6 Å². The first-order valence-corrected chi connectivity index (χ1v) is 5.59. The first kappa shape index (κ1) is 10.3.